The van der Waals surface area contributed by atoms with Gasteiger partial charge in [-0.1, -0.05) is 6.07 Å². The molecule has 0 saturated carbocycles. The molecule has 2 heterocycles. The first-order chi connectivity index (χ1) is 9.13. The molecule has 5 nitrogen and oxygen atoms in total. The number of amides is 1. The van der Waals surface area contributed by atoms with Crippen molar-refractivity contribution in [3.63, 3.8) is 0 Å². The van der Waals surface area contributed by atoms with Crippen molar-refractivity contribution >= 4 is 5.91 Å². The summed E-state index contributed by atoms with van der Waals surface area (Å²) in [6.07, 6.45) is 2.48. The van der Waals surface area contributed by atoms with E-state index in [0.717, 1.165) is 12.2 Å². The van der Waals surface area contributed by atoms with E-state index in [9.17, 15) is 4.79 Å². The van der Waals surface area contributed by atoms with E-state index >= 15 is 0 Å². The monoisotopic (exact) mass is 262 g/mol. The average Bonchev–Trinajstić information content (AvgIpc) is 2.41. The second kappa shape index (κ2) is 6.12. The maximum absolute atomic E-state index is 12.3. The molecule has 0 radical (unpaired) electrons. The summed E-state index contributed by atoms with van der Waals surface area (Å²) in [6.45, 7) is 4.13. The molecule has 0 aromatic carbocycles. The second-order valence-electron chi connectivity index (χ2n) is 5.15. The summed E-state index contributed by atoms with van der Waals surface area (Å²) in [6, 6.07) is 6.07. The van der Waals surface area contributed by atoms with Crippen molar-refractivity contribution in [2.45, 2.75) is 32.0 Å². The Labute approximate surface area is 114 Å². The van der Waals surface area contributed by atoms with E-state index in [0.29, 0.717) is 25.6 Å². The molecule has 1 amide bonds. The van der Waals surface area contributed by atoms with E-state index in [1.165, 1.54) is 0 Å². The maximum Gasteiger partial charge on any atom is 0.239 e. The number of hydrogen-bond donors (Lipinski definition) is 1. The fourth-order valence-electron chi connectivity index (χ4n) is 2.69. The number of hydrogen-bond acceptors (Lipinski definition) is 4. The van der Waals surface area contributed by atoms with Crippen molar-refractivity contribution in [3.05, 3.63) is 30.1 Å². The van der Waals surface area contributed by atoms with Crippen LogP contribution in [0.4, 0.5) is 0 Å². The quantitative estimate of drug-likeness (QED) is 0.856. The van der Waals surface area contributed by atoms with E-state index < -0.39 is 0 Å². The Morgan fingerprint density at radius 3 is 2.89 bits per heavy atom. The molecule has 0 aliphatic carbocycles. The molecular weight excluding hydrogens is 240 g/mol. The molecule has 2 atom stereocenters. The van der Waals surface area contributed by atoms with Crippen LogP contribution in [0.2, 0.25) is 0 Å². The standard InChI is InChI=1S/C14H22N4O/c1-11-9-17(2)14(19)13(6-7-15)18(11)10-12-5-3-4-8-16-12/h3-5,8,11,13H,6-7,9-10,15H2,1-2H3. The Morgan fingerprint density at radius 2 is 2.26 bits per heavy atom. The zero-order valence-corrected chi connectivity index (χ0v) is 11.6. The molecule has 1 saturated heterocycles. The van der Waals surface area contributed by atoms with Crippen molar-refractivity contribution in [2.75, 3.05) is 20.1 Å². The summed E-state index contributed by atoms with van der Waals surface area (Å²) < 4.78 is 0. The summed E-state index contributed by atoms with van der Waals surface area (Å²) in [5, 5.41) is 0. The van der Waals surface area contributed by atoms with E-state index in [1.807, 2.05) is 25.2 Å². The number of piperazine rings is 1. The lowest BCUT2D eigenvalue weighted by molar-refractivity contribution is -0.143. The molecule has 2 unspecified atom stereocenters. The smallest absolute Gasteiger partial charge is 0.239 e. The molecule has 1 aliphatic rings. The summed E-state index contributed by atoms with van der Waals surface area (Å²) in [5.41, 5.74) is 6.65. The molecular formula is C14H22N4O. The predicted octanol–water partition coefficient (Wildman–Crippen LogP) is 0.462. The predicted molar refractivity (Wildman–Crippen MR) is 74.3 cm³/mol. The fraction of sp³-hybridized carbons (Fsp3) is 0.571. The number of nitrogens with two attached hydrogens (primary N) is 1. The van der Waals surface area contributed by atoms with E-state index in [4.69, 9.17) is 5.73 Å². The van der Waals surface area contributed by atoms with Gasteiger partial charge in [0.05, 0.1) is 11.7 Å². The SMILES string of the molecule is CC1CN(C)C(=O)C(CCN)N1Cc1ccccn1. The molecule has 0 bridgehead atoms. The Morgan fingerprint density at radius 1 is 1.47 bits per heavy atom. The van der Waals surface area contributed by atoms with Crippen LogP contribution in [0.3, 0.4) is 0 Å². The Kier molecular flexibility index (Phi) is 4.50. The van der Waals surface area contributed by atoms with Gasteiger partial charge in [-0.25, -0.2) is 0 Å². The van der Waals surface area contributed by atoms with E-state index in [-0.39, 0.29) is 11.9 Å². The van der Waals surface area contributed by atoms with Gasteiger partial charge in [0.25, 0.3) is 0 Å². The van der Waals surface area contributed by atoms with Crippen LogP contribution in [0.15, 0.2) is 24.4 Å². The van der Waals surface area contributed by atoms with Crippen molar-refractivity contribution in [1.82, 2.24) is 14.8 Å². The lowest BCUT2D eigenvalue weighted by Gasteiger charge is -2.43. The zero-order chi connectivity index (χ0) is 13.8. The van der Waals surface area contributed by atoms with Crippen LogP contribution in [-0.2, 0) is 11.3 Å². The minimum absolute atomic E-state index is 0.124. The third-order valence-electron chi connectivity index (χ3n) is 3.68. The number of likely N-dealkylation sites (N-methyl/N-ethyl adjacent to an activating group) is 1. The summed E-state index contributed by atoms with van der Waals surface area (Å²) in [7, 11) is 1.86. The molecule has 2 rings (SSSR count). The lowest BCUT2D eigenvalue weighted by atomic mass is 10.0. The fourth-order valence-corrected chi connectivity index (χ4v) is 2.69. The molecule has 0 spiro atoms. The zero-order valence-electron chi connectivity index (χ0n) is 11.6. The van der Waals surface area contributed by atoms with Gasteiger partial charge in [-0.05, 0) is 32.0 Å². The largest absolute Gasteiger partial charge is 0.343 e. The van der Waals surface area contributed by atoms with Crippen LogP contribution in [0, 0.1) is 0 Å². The van der Waals surface area contributed by atoms with Gasteiger partial charge in [0, 0.05) is 32.4 Å². The third-order valence-corrected chi connectivity index (χ3v) is 3.68. The minimum Gasteiger partial charge on any atom is -0.343 e. The van der Waals surface area contributed by atoms with Gasteiger partial charge in [-0.15, -0.1) is 0 Å². The van der Waals surface area contributed by atoms with Gasteiger partial charge in [-0.3, -0.25) is 14.7 Å². The van der Waals surface area contributed by atoms with Crippen LogP contribution in [0.5, 0.6) is 0 Å². The van der Waals surface area contributed by atoms with Crippen LogP contribution in [-0.4, -0.2) is 52.9 Å². The van der Waals surface area contributed by atoms with Crippen LogP contribution >= 0.6 is 0 Å². The van der Waals surface area contributed by atoms with Gasteiger partial charge in [0.1, 0.15) is 0 Å². The van der Waals surface area contributed by atoms with Crippen LogP contribution in [0.1, 0.15) is 19.0 Å². The van der Waals surface area contributed by atoms with E-state index in [2.05, 4.69) is 16.8 Å². The van der Waals surface area contributed by atoms with Gasteiger partial charge in [0.15, 0.2) is 0 Å². The second-order valence-corrected chi connectivity index (χ2v) is 5.15. The minimum atomic E-state index is -0.124. The van der Waals surface area contributed by atoms with Crippen molar-refractivity contribution in [3.8, 4) is 0 Å². The first kappa shape index (κ1) is 14.0. The van der Waals surface area contributed by atoms with Gasteiger partial charge in [0.2, 0.25) is 5.91 Å². The first-order valence-electron chi connectivity index (χ1n) is 6.74. The molecule has 2 N–H and O–H groups in total. The Bertz CT molecular complexity index is 423. The molecule has 104 valence electrons. The summed E-state index contributed by atoms with van der Waals surface area (Å²) in [4.78, 5) is 20.6. The normalized spacial score (nSPS) is 24.8. The Hall–Kier alpha value is -1.46. The number of carbonyl (C=O) groups is 1. The summed E-state index contributed by atoms with van der Waals surface area (Å²) >= 11 is 0. The highest BCUT2D eigenvalue weighted by atomic mass is 16.2. The summed E-state index contributed by atoms with van der Waals surface area (Å²) in [5.74, 6) is 0.166. The molecule has 1 aromatic rings. The average molecular weight is 262 g/mol. The molecule has 5 heteroatoms. The highest BCUT2D eigenvalue weighted by molar-refractivity contribution is 5.82. The number of pyridine rings is 1. The van der Waals surface area contributed by atoms with Gasteiger partial charge < -0.3 is 10.6 Å². The lowest BCUT2D eigenvalue weighted by Crippen LogP contribution is -2.59. The van der Waals surface area contributed by atoms with Crippen LogP contribution < -0.4 is 5.73 Å². The number of carbonyl (C=O) groups excluding carboxylic acids is 1. The number of nitrogens with zero attached hydrogens (tertiary/aromatic N) is 3. The number of rotatable bonds is 4. The van der Waals surface area contributed by atoms with Gasteiger partial charge >= 0.3 is 0 Å². The van der Waals surface area contributed by atoms with Crippen LogP contribution in [0.25, 0.3) is 0 Å². The Balaban J connectivity index is 2.17. The molecule has 1 fully saturated rings. The third kappa shape index (κ3) is 3.11. The highest BCUT2D eigenvalue weighted by Gasteiger charge is 2.36. The topological polar surface area (TPSA) is 62.5 Å². The molecule has 1 aliphatic heterocycles. The molecule has 1 aromatic heterocycles. The van der Waals surface area contributed by atoms with Crippen molar-refractivity contribution in [2.24, 2.45) is 5.73 Å². The molecule has 19 heavy (non-hydrogen) atoms. The first-order valence-corrected chi connectivity index (χ1v) is 6.74. The van der Waals surface area contributed by atoms with E-state index in [1.54, 1.807) is 11.1 Å². The van der Waals surface area contributed by atoms with Crippen molar-refractivity contribution < 1.29 is 4.79 Å². The van der Waals surface area contributed by atoms with Crippen molar-refractivity contribution in [1.29, 1.82) is 0 Å². The maximum atomic E-state index is 12.3. The highest BCUT2D eigenvalue weighted by Crippen LogP contribution is 2.20. The number of aromatic nitrogens is 1. The van der Waals surface area contributed by atoms with Gasteiger partial charge in [-0.2, -0.15) is 0 Å².